The van der Waals surface area contributed by atoms with Crippen molar-refractivity contribution in [2.75, 3.05) is 6.61 Å². The third-order valence-electron chi connectivity index (χ3n) is 3.13. The van der Waals surface area contributed by atoms with Crippen LogP contribution < -0.4 is 0 Å². The molecule has 0 fully saturated rings. The smallest absolute Gasteiger partial charge is 0.338 e. The highest BCUT2D eigenvalue weighted by Crippen LogP contribution is 2.27. The fraction of sp³-hybridized carbons (Fsp3) is 0.278. The lowest BCUT2D eigenvalue weighted by molar-refractivity contribution is 0.0460. The van der Waals surface area contributed by atoms with E-state index in [1.165, 1.54) is 0 Å². The summed E-state index contributed by atoms with van der Waals surface area (Å²) < 4.78 is 5.35. The number of carbonyl (C=O) groups is 1. The maximum absolute atomic E-state index is 12.2. The lowest BCUT2D eigenvalue weighted by atomic mass is 9.96. The van der Waals surface area contributed by atoms with Crippen LogP contribution in [0.4, 0.5) is 0 Å². The molecule has 0 aliphatic carbocycles. The number of benzene rings is 2. The van der Waals surface area contributed by atoms with Crippen LogP contribution in [0.5, 0.6) is 0 Å². The van der Waals surface area contributed by atoms with Gasteiger partial charge in [-0.1, -0.05) is 56.3 Å². The molecule has 2 aromatic rings. The lowest BCUT2D eigenvalue weighted by Gasteiger charge is -2.12. The van der Waals surface area contributed by atoms with E-state index in [1.54, 1.807) is 0 Å². The van der Waals surface area contributed by atoms with Gasteiger partial charge in [0, 0.05) is 0 Å². The first kappa shape index (κ1) is 14.3. The minimum absolute atomic E-state index is 0.252. The molecule has 0 aliphatic rings. The van der Waals surface area contributed by atoms with Crippen LogP contribution >= 0.6 is 0 Å². The Labute approximate surface area is 120 Å². The highest BCUT2D eigenvalue weighted by molar-refractivity contribution is 5.97. The Balaban J connectivity index is 2.36. The van der Waals surface area contributed by atoms with Crippen molar-refractivity contribution in [3.05, 3.63) is 59.7 Å². The van der Waals surface area contributed by atoms with E-state index in [2.05, 4.69) is 0 Å². The molecule has 20 heavy (non-hydrogen) atoms. The van der Waals surface area contributed by atoms with Gasteiger partial charge >= 0.3 is 5.97 Å². The van der Waals surface area contributed by atoms with Crippen LogP contribution in [0.25, 0.3) is 11.1 Å². The zero-order chi connectivity index (χ0) is 14.5. The Hall–Kier alpha value is -2.09. The predicted molar refractivity (Wildman–Crippen MR) is 81.7 cm³/mol. The normalized spacial score (nSPS) is 10.6. The molecule has 0 bridgehead atoms. The molecule has 0 amide bonds. The largest absolute Gasteiger partial charge is 0.462 e. The monoisotopic (exact) mass is 268 g/mol. The molecule has 0 atom stereocenters. The Morgan fingerprint density at radius 2 is 1.60 bits per heavy atom. The van der Waals surface area contributed by atoms with Gasteiger partial charge in [-0.25, -0.2) is 4.79 Å². The van der Waals surface area contributed by atoms with Crippen LogP contribution in [0, 0.1) is 12.8 Å². The van der Waals surface area contributed by atoms with Crippen LogP contribution in [0.2, 0.25) is 0 Å². The van der Waals surface area contributed by atoms with E-state index in [-0.39, 0.29) is 5.97 Å². The molecule has 104 valence electrons. The highest BCUT2D eigenvalue weighted by atomic mass is 16.5. The van der Waals surface area contributed by atoms with E-state index in [1.807, 2.05) is 69.3 Å². The zero-order valence-corrected chi connectivity index (χ0v) is 12.2. The Morgan fingerprint density at radius 3 is 2.25 bits per heavy atom. The molecule has 0 spiro atoms. The van der Waals surface area contributed by atoms with E-state index < -0.39 is 0 Å². The number of hydrogen-bond acceptors (Lipinski definition) is 2. The number of ether oxygens (including phenoxy) is 1. The average molecular weight is 268 g/mol. The van der Waals surface area contributed by atoms with Gasteiger partial charge in [-0.3, -0.25) is 0 Å². The summed E-state index contributed by atoms with van der Waals surface area (Å²) in [5, 5.41) is 0. The molecule has 2 heteroatoms. The summed E-state index contributed by atoms with van der Waals surface area (Å²) in [6.45, 7) is 6.55. The summed E-state index contributed by atoms with van der Waals surface area (Å²) >= 11 is 0. The molecule has 0 aromatic heterocycles. The van der Waals surface area contributed by atoms with Gasteiger partial charge in [0.15, 0.2) is 0 Å². The number of hydrogen-bond donors (Lipinski definition) is 0. The van der Waals surface area contributed by atoms with Crippen LogP contribution in [0.3, 0.4) is 0 Å². The van der Waals surface area contributed by atoms with Gasteiger partial charge in [0.05, 0.1) is 12.2 Å². The summed E-state index contributed by atoms with van der Waals surface area (Å²) in [4.78, 5) is 12.2. The Morgan fingerprint density at radius 1 is 1.00 bits per heavy atom. The maximum Gasteiger partial charge on any atom is 0.338 e. The third kappa shape index (κ3) is 3.27. The van der Waals surface area contributed by atoms with Crippen molar-refractivity contribution in [1.29, 1.82) is 0 Å². The average Bonchev–Trinajstić information content (AvgIpc) is 2.45. The van der Waals surface area contributed by atoms with Gasteiger partial charge in [0.2, 0.25) is 0 Å². The third-order valence-corrected chi connectivity index (χ3v) is 3.13. The second-order valence-electron chi connectivity index (χ2n) is 5.35. The summed E-state index contributed by atoms with van der Waals surface area (Å²) in [7, 11) is 0. The van der Waals surface area contributed by atoms with Crippen LogP contribution in [0.1, 0.15) is 29.8 Å². The van der Waals surface area contributed by atoms with Crippen molar-refractivity contribution in [1.82, 2.24) is 0 Å². The van der Waals surface area contributed by atoms with Gasteiger partial charge in [0.1, 0.15) is 0 Å². The fourth-order valence-corrected chi connectivity index (χ4v) is 2.09. The lowest BCUT2D eigenvalue weighted by Crippen LogP contribution is -2.11. The Kier molecular flexibility index (Phi) is 4.57. The first-order valence-corrected chi connectivity index (χ1v) is 6.91. The minimum Gasteiger partial charge on any atom is -0.462 e. The van der Waals surface area contributed by atoms with E-state index in [4.69, 9.17) is 4.74 Å². The first-order valence-electron chi connectivity index (χ1n) is 6.91. The molecule has 0 saturated heterocycles. The summed E-state index contributed by atoms with van der Waals surface area (Å²) in [6, 6.07) is 15.7. The van der Waals surface area contributed by atoms with Gasteiger partial charge < -0.3 is 4.74 Å². The van der Waals surface area contributed by atoms with Crippen molar-refractivity contribution in [3.8, 4) is 11.1 Å². The topological polar surface area (TPSA) is 26.3 Å². The number of carbonyl (C=O) groups excluding carboxylic acids is 1. The number of aryl methyl sites for hydroxylation is 1. The van der Waals surface area contributed by atoms with Crippen molar-refractivity contribution in [2.24, 2.45) is 5.92 Å². The van der Waals surface area contributed by atoms with Gasteiger partial charge in [-0.05, 0) is 35.6 Å². The van der Waals surface area contributed by atoms with Crippen LogP contribution in [0.15, 0.2) is 48.5 Å². The van der Waals surface area contributed by atoms with E-state index >= 15 is 0 Å². The van der Waals surface area contributed by atoms with E-state index in [0.29, 0.717) is 18.1 Å². The molecule has 2 rings (SSSR count). The minimum atomic E-state index is -0.252. The molecule has 2 aromatic carbocycles. The van der Waals surface area contributed by atoms with Crippen molar-refractivity contribution in [2.45, 2.75) is 20.8 Å². The Bertz CT molecular complexity index is 600. The second kappa shape index (κ2) is 6.38. The SMILES string of the molecule is Cc1ccccc1-c1ccccc1C(=O)OCC(C)C. The molecule has 0 radical (unpaired) electrons. The standard InChI is InChI=1S/C18H20O2/c1-13(2)12-20-18(19)17-11-7-6-10-16(17)15-9-5-4-8-14(15)3/h4-11,13H,12H2,1-3H3. The van der Waals surface area contributed by atoms with Gasteiger partial charge in [-0.2, -0.15) is 0 Å². The quantitative estimate of drug-likeness (QED) is 0.764. The van der Waals surface area contributed by atoms with Gasteiger partial charge in [0.25, 0.3) is 0 Å². The zero-order valence-electron chi connectivity index (χ0n) is 12.2. The predicted octanol–water partition coefficient (Wildman–Crippen LogP) is 4.47. The van der Waals surface area contributed by atoms with Crippen molar-refractivity contribution < 1.29 is 9.53 Å². The highest BCUT2D eigenvalue weighted by Gasteiger charge is 2.15. The molecule has 0 aliphatic heterocycles. The van der Waals surface area contributed by atoms with Crippen molar-refractivity contribution >= 4 is 5.97 Å². The van der Waals surface area contributed by atoms with Crippen LogP contribution in [-0.2, 0) is 4.74 Å². The molecule has 2 nitrogen and oxygen atoms in total. The molecule has 0 heterocycles. The maximum atomic E-state index is 12.2. The second-order valence-corrected chi connectivity index (χ2v) is 5.35. The molecule has 0 unspecified atom stereocenters. The van der Waals surface area contributed by atoms with E-state index in [0.717, 1.165) is 16.7 Å². The molecule has 0 saturated carbocycles. The number of rotatable bonds is 4. The summed E-state index contributed by atoms with van der Waals surface area (Å²) in [5.74, 6) is 0.0853. The van der Waals surface area contributed by atoms with Crippen LogP contribution in [-0.4, -0.2) is 12.6 Å². The van der Waals surface area contributed by atoms with Gasteiger partial charge in [-0.15, -0.1) is 0 Å². The fourth-order valence-electron chi connectivity index (χ4n) is 2.09. The number of esters is 1. The first-order chi connectivity index (χ1) is 9.59. The molecule has 0 N–H and O–H groups in total. The van der Waals surface area contributed by atoms with E-state index in [9.17, 15) is 4.79 Å². The van der Waals surface area contributed by atoms with Crippen molar-refractivity contribution in [3.63, 3.8) is 0 Å². The molecular formula is C18H20O2. The molecular weight excluding hydrogens is 248 g/mol. The summed E-state index contributed by atoms with van der Waals surface area (Å²) in [6.07, 6.45) is 0. The summed E-state index contributed by atoms with van der Waals surface area (Å²) in [5.41, 5.74) is 3.78.